The Morgan fingerprint density at radius 1 is 1.14 bits per heavy atom. The number of hydrogen-bond acceptors (Lipinski definition) is 4. The molecule has 4 rings (SSSR count). The molecule has 0 unspecified atom stereocenters. The van der Waals surface area contributed by atoms with Gasteiger partial charge in [0.15, 0.2) is 5.82 Å². The molecule has 29 heavy (non-hydrogen) atoms. The van der Waals surface area contributed by atoms with Crippen molar-refractivity contribution in [2.24, 2.45) is 0 Å². The monoisotopic (exact) mass is 395 g/mol. The molecule has 150 valence electrons. The number of hydrogen-bond donors (Lipinski definition) is 1. The molecule has 0 saturated heterocycles. The summed E-state index contributed by atoms with van der Waals surface area (Å²) in [4.78, 5) is 24.0. The van der Waals surface area contributed by atoms with Crippen LogP contribution in [-0.4, -0.2) is 25.2 Å². The molecule has 7 nitrogen and oxygen atoms in total. The first kappa shape index (κ1) is 19.0. The van der Waals surface area contributed by atoms with Crippen molar-refractivity contribution >= 4 is 11.6 Å². The average Bonchev–Trinajstić information content (AvgIpc) is 2.96. The van der Waals surface area contributed by atoms with Crippen molar-refractivity contribution in [3.05, 3.63) is 64.6 Å². The number of aromatic nitrogens is 4. The van der Waals surface area contributed by atoms with Crippen LogP contribution in [0.4, 0.5) is 10.1 Å². The third-order valence-electron chi connectivity index (χ3n) is 5.08. The second-order valence-electron chi connectivity index (χ2n) is 7.13. The Hall–Kier alpha value is -3.29. The molecule has 2 aromatic heterocycles. The minimum atomic E-state index is -0.404. The van der Waals surface area contributed by atoms with E-state index in [1.807, 2.05) is 4.57 Å². The Bertz CT molecular complexity index is 1090. The zero-order valence-corrected chi connectivity index (χ0v) is 16.0. The maximum absolute atomic E-state index is 14.5. The van der Waals surface area contributed by atoms with Gasteiger partial charge in [0.1, 0.15) is 11.6 Å². The van der Waals surface area contributed by atoms with Gasteiger partial charge >= 0.3 is 0 Å². The second-order valence-corrected chi connectivity index (χ2v) is 7.13. The normalized spacial score (nSPS) is 13.6. The molecule has 3 aromatic rings. The first-order valence-electron chi connectivity index (χ1n) is 9.79. The number of nitrogens with zero attached hydrogens (tertiary/aromatic N) is 4. The van der Waals surface area contributed by atoms with Crippen molar-refractivity contribution in [1.82, 2.24) is 19.3 Å². The maximum atomic E-state index is 14.5. The van der Waals surface area contributed by atoms with Crippen molar-refractivity contribution in [3.8, 4) is 11.4 Å². The number of carbonyl (C=O) groups excluding carboxylic acids is 1. The van der Waals surface area contributed by atoms with Gasteiger partial charge < -0.3 is 14.5 Å². The molecule has 0 spiro atoms. The quantitative estimate of drug-likeness (QED) is 0.720. The van der Waals surface area contributed by atoms with Crippen molar-refractivity contribution in [2.75, 3.05) is 5.32 Å². The van der Waals surface area contributed by atoms with E-state index >= 15 is 0 Å². The maximum Gasteiger partial charge on any atom is 0.250 e. The highest BCUT2D eigenvalue weighted by atomic mass is 19.1. The molecule has 1 amide bonds. The Morgan fingerprint density at radius 3 is 2.90 bits per heavy atom. The highest BCUT2D eigenvalue weighted by molar-refractivity contribution is 5.91. The van der Waals surface area contributed by atoms with E-state index in [-0.39, 0.29) is 24.4 Å². The van der Waals surface area contributed by atoms with Gasteiger partial charge in [0.25, 0.3) is 5.56 Å². The van der Waals surface area contributed by atoms with Gasteiger partial charge in [-0.3, -0.25) is 9.59 Å². The number of halogens is 1. The fraction of sp³-hybridized carbons (Fsp3) is 0.333. The van der Waals surface area contributed by atoms with Crippen LogP contribution in [0.1, 0.15) is 31.5 Å². The predicted molar refractivity (Wildman–Crippen MR) is 107 cm³/mol. The molecule has 8 heteroatoms. The molecule has 0 saturated carbocycles. The molecule has 0 aliphatic carbocycles. The number of aryl methyl sites for hydroxylation is 2. The molecule has 1 aromatic carbocycles. The fourth-order valence-corrected chi connectivity index (χ4v) is 3.55. The topological polar surface area (TPSA) is 81.8 Å². The molecule has 0 radical (unpaired) electrons. The third-order valence-corrected chi connectivity index (χ3v) is 5.08. The number of pyridine rings is 1. The average molecular weight is 395 g/mol. The van der Waals surface area contributed by atoms with E-state index in [0.717, 1.165) is 38.1 Å². The lowest BCUT2D eigenvalue weighted by Crippen LogP contribution is -2.21. The highest BCUT2D eigenvalue weighted by Crippen LogP contribution is 2.27. The number of benzene rings is 1. The number of rotatable bonds is 5. The van der Waals surface area contributed by atoms with E-state index in [1.54, 1.807) is 24.4 Å². The van der Waals surface area contributed by atoms with Crippen molar-refractivity contribution in [2.45, 2.75) is 45.2 Å². The van der Waals surface area contributed by atoms with Crippen LogP contribution >= 0.6 is 0 Å². The summed E-state index contributed by atoms with van der Waals surface area (Å²) < 4.78 is 18.0. The Morgan fingerprint density at radius 2 is 2.03 bits per heavy atom. The van der Waals surface area contributed by atoms with Crippen LogP contribution in [0.25, 0.3) is 11.4 Å². The Balaban J connectivity index is 1.50. The van der Waals surface area contributed by atoms with E-state index in [2.05, 4.69) is 15.5 Å². The summed E-state index contributed by atoms with van der Waals surface area (Å²) in [5.74, 6) is 0.711. The smallest absolute Gasteiger partial charge is 0.250 e. The molecular formula is C21H22FN5O2. The predicted octanol–water partition coefficient (Wildman–Crippen LogP) is 3.00. The van der Waals surface area contributed by atoms with Gasteiger partial charge in [-0.25, -0.2) is 4.39 Å². The van der Waals surface area contributed by atoms with Gasteiger partial charge in [-0.15, -0.1) is 10.2 Å². The molecule has 1 N–H and O–H groups in total. The van der Waals surface area contributed by atoms with Crippen LogP contribution in [0.2, 0.25) is 0 Å². The third kappa shape index (κ3) is 4.26. The minimum absolute atomic E-state index is 0.136. The van der Waals surface area contributed by atoms with Crippen LogP contribution < -0.4 is 10.9 Å². The van der Waals surface area contributed by atoms with E-state index in [1.165, 1.54) is 22.8 Å². The highest BCUT2D eigenvalue weighted by Gasteiger charge is 2.19. The molecule has 3 heterocycles. The van der Waals surface area contributed by atoms with Gasteiger partial charge in [0.2, 0.25) is 5.91 Å². The summed E-state index contributed by atoms with van der Waals surface area (Å²) in [7, 11) is 0. The van der Waals surface area contributed by atoms with Gasteiger partial charge in [-0.1, -0.05) is 12.5 Å². The lowest BCUT2D eigenvalue weighted by atomic mass is 10.1. The van der Waals surface area contributed by atoms with Crippen molar-refractivity contribution in [1.29, 1.82) is 0 Å². The summed E-state index contributed by atoms with van der Waals surface area (Å²) in [6.45, 7) is 1.04. The van der Waals surface area contributed by atoms with Crippen LogP contribution in [-0.2, 0) is 24.3 Å². The van der Waals surface area contributed by atoms with Crippen LogP contribution in [0.3, 0.4) is 0 Å². The molecule has 0 atom stereocenters. The number of amides is 1. The summed E-state index contributed by atoms with van der Waals surface area (Å²) >= 11 is 0. The van der Waals surface area contributed by atoms with E-state index in [9.17, 15) is 14.0 Å². The Labute approximate surface area is 167 Å². The van der Waals surface area contributed by atoms with Gasteiger partial charge in [-0.2, -0.15) is 0 Å². The molecule has 0 fully saturated rings. The van der Waals surface area contributed by atoms with Crippen molar-refractivity contribution in [3.63, 3.8) is 0 Å². The standard InChI is InChI=1S/C21H22FN5O2/c22-17-9-8-15(23-19(28)10-13-26-11-5-3-7-20(26)29)14-16(17)21-25-24-18-6-2-1-4-12-27(18)21/h3,5,7-9,11,14H,1-2,4,6,10,12-13H2,(H,23,28). The SMILES string of the molecule is O=C(CCn1ccccc1=O)Nc1ccc(F)c(-c2nnc3n2CCCCC3)c1. The number of carbonyl (C=O) groups is 1. The first-order valence-corrected chi connectivity index (χ1v) is 9.79. The molecule has 0 bridgehead atoms. The van der Waals surface area contributed by atoms with E-state index in [0.29, 0.717) is 17.1 Å². The van der Waals surface area contributed by atoms with Crippen LogP contribution in [0.5, 0.6) is 0 Å². The summed E-state index contributed by atoms with van der Waals surface area (Å²) in [6.07, 6.45) is 5.80. The van der Waals surface area contributed by atoms with Crippen LogP contribution in [0.15, 0.2) is 47.4 Å². The summed E-state index contributed by atoms with van der Waals surface area (Å²) in [6, 6.07) is 9.28. The fourth-order valence-electron chi connectivity index (χ4n) is 3.55. The van der Waals surface area contributed by atoms with Gasteiger partial charge in [0, 0.05) is 43.9 Å². The van der Waals surface area contributed by atoms with Gasteiger partial charge in [-0.05, 0) is 37.1 Å². The van der Waals surface area contributed by atoms with E-state index < -0.39 is 5.82 Å². The zero-order chi connectivity index (χ0) is 20.2. The molecule has 1 aliphatic rings. The summed E-state index contributed by atoms with van der Waals surface area (Å²) in [5, 5.41) is 11.2. The van der Waals surface area contributed by atoms with Gasteiger partial charge in [0.05, 0.1) is 5.56 Å². The second kappa shape index (κ2) is 8.38. The largest absolute Gasteiger partial charge is 0.326 e. The zero-order valence-electron chi connectivity index (χ0n) is 16.0. The lowest BCUT2D eigenvalue weighted by molar-refractivity contribution is -0.116. The molecule has 1 aliphatic heterocycles. The van der Waals surface area contributed by atoms with Crippen molar-refractivity contribution < 1.29 is 9.18 Å². The molecular weight excluding hydrogens is 373 g/mol. The van der Waals surface area contributed by atoms with E-state index in [4.69, 9.17) is 0 Å². The lowest BCUT2D eigenvalue weighted by Gasteiger charge is -2.11. The number of nitrogens with one attached hydrogen (secondary N) is 1. The van der Waals surface area contributed by atoms with Crippen LogP contribution in [0, 0.1) is 5.82 Å². The number of fused-ring (bicyclic) bond motifs is 1. The first-order chi connectivity index (χ1) is 14.1. The Kier molecular flexibility index (Phi) is 5.50. The minimum Gasteiger partial charge on any atom is -0.326 e. The summed E-state index contributed by atoms with van der Waals surface area (Å²) in [5.41, 5.74) is 0.650. The number of anilines is 1.